The van der Waals surface area contributed by atoms with E-state index in [1.807, 2.05) is 6.07 Å². The average Bonchev–Trinajstić information content (AvgIpc) is 3.05. The van der Waals surface area contributed by atoms with Crippen LogP contribution in [-0.2, 0) is 16.1 Å². The predicted octanol–water partition coefficient (Wildman–Crippen LogP) is 2.82. The number of benzene rings is 1. The number of ether oxygens (including phenoxy) is 1. The summed E-state index contributed by atoms with van der Waals surface area (Å²) in [7, 11) is 1.65. The molecule has 1 aromatic heterocycles. The van der Waals surface area contributed by atoms with Crippen LogP contribution in [0.15, 0.2) is 24.3 Å². The van der Waals surface area contributed by atoms with Gasteiger partial charge >= 0.3 is 0 Å². The lowest BCUT2D eigenvalue weighted by Gasteiger charge is -2.33. The SMILES string of the molecule is CCCCn1c(N2CCC[C@H](C(=O)NCCOC)C2)nc2ccccc21. The molecule has 0 saturated carbocycles. The molecule has 0 radical (unpaired) electrons. The minimum atomic E-state index is 0.0139. The van der Waals surface area contributed by atoms with E-state index < -0.39 is 0 Å². The van der Waals surface area contributed by atoms with E-state index in [1.54, 1.807) is 7.11 Å². The molecule has 1 aliphatic heterocycles. The summed E-state index contributed by atoms with van der Waals surface area (Å²) in [6.07, 6.45) is 4.22. The highest BCUT2D eigenvalue weighted by Gasteiger charge is 2.28. The van der Waals surface area contributed by atoms with E-state index in [-0.39, 0.29) is 11.8 Å². The van der Waals surface area contributed by atoms with Gasteiger partial charge in [0.1, 0.15) is 0 Å². The number of nitrogens with zero attached hydrogens (tertiary/aromatic N) is 3. The summed E-state index contributed by atoms with van der Waals surface area (Å²) < 4.78 is 7.34. The molecule has 6 nitrogen and oxygen atoms in total. The van der Waals surface area contributed by atoms with Gasteiger partial charge in [-0.1, -0.05) is 25.5 Å². The number of rotatable bonds is 8. The summed E-state index contributed by atoms with van der Waals surface area (Å²) >= 11 is 0. The first-order valence-corrected chi connectivity index (χ1v) is 9.71. The van der Waals surface area contributed by atoms with E-state index in [4.69, 9.17) is 9.72 Å². The highest BCUT2D eigenvalue weighted by atomic mass is 16.5. The molecule has 1 atom stereocenters. The van der Waals surface area contributed by atoms with Gasteiger partial charge in [0, 0.05) is 33.3 Å². The lowest BCUT2D eigenvalue weighted by atomic mass is 9.97. The van der Waals surface area contributed by atoms with Crippen molar-refractivity contribution in [1.82, 2.24) is 14.9 Å². The second kappa shape index (κ2) is 9.03. The van der Waals surface area contributed by atoms with Crippen molar-refractivity contribution in [2.24, 2.45) is 5.92 Å². The molecule has 1 fully saturated rings. The number of hydrogen-bond acceptors (Lipinski definition) is 4. The smallest absolute Gasteiger partial charge is 0.224 e. The molecular weight excluding hydrogens is 328 g/mol. The zero-order valence-electron chi connectivity index (χ0n) is 15.9. The molecule has 3 rings (SSSR count). The van der Waals surface area contributed by atoms with E-state index in [0.29, 0.717) is 13.2 Å². The van der Waals surface area contributed by atoms with Crippen LogP contribution in [0.5, 0.6) is 0 Å². The van der Waals surface area contributed by atoms with Crippen molar-refractivity contribution >= 4 is 22.9 Å². The van der Waals surface area contributed by atoms with Gasteiger partial charge in [0.25, 0.3) is 0 Å². The minimum absolute atomic E-state index is 0.0139. The average molecular weight is 358 g/mol. The molecule has 2 aromatic rings. The van der Waals surface area contributed by atoms with Crippen LogP contribution in [0.2, 0.25) is 0 Å². The Morgan fingerprint density at radius 1 is 1.38 bits per heavy atom. The first-order valence-electron chi connectivity index (χ1n) is 9.71. The maximum Gasteiger partial charge on any atom is 0.224 e. The Hall–Kier alpha value is -2.08. The molecule has 142 valence electrons. The monoisotopic (exact) mass is 358 g/mol. The Kier molecular flexibility index (Phi) is 6.50. The van der Waals surface area contributed by atoms with E-state index in [1.165, 1.54) is 5.52 Å². The summed E-state index contributed by atoms with van der Waals surface area (Å²) in [6, 6.07) is 8.31. The van der Waals surface area contributed by atoms with Crippen LogP contribution in [0.3, 0.4) is 0 Å². The van der Waals surface area contributed by atoms with Crippen LogP contribution in [0.1, 0.15) is 32.6 Å². The van der Waals surface area contributed by atoms with Crippen molar-refractivity contribution < 1.29 is 9.53 Å². The number of fused-ring (bicyclic) bond motifs is 1. The van der Waals surface area contributed by atoms with Crippen molar-refractivity contribution in [3.63, 3.8) is 0 Å². The van der Waals surface area contributed by atoms with E-state index in [0.717, 1.165) is 56.8 Å². The number of anilines is 1. The standard InChI is InChI=1S/C20H30N4O2/c1-3-4-13-24-18-10-6-5-9-17(18)22-20(24)23-12-7-8-16(15-23)19(25)21-11-14-26-2/h5-6,9-10,16H,3-4,7-8,11-15H2,1-2H3,(H,21,25)/t16-/m0/s1. The number of aromatic nitrogens is 2. The van der Waals surface area contributed by atoms with Gasteiger partial charge < -0.3 is 19.5 Å². The Morgan fingerprint density at radius 2 is 2.23 bits per heavy atom. The first-order chi connectivity index (χ1) is 12.7. The number of methoxy groups -OCH3 is 1. The Labute approximate surface area is 155 Å². The van der Waals surface area contributed by atoms with Crippen molar-refractivity contribution in [3.05, 3.63) is 24.3 Å². The van der Waals surface area contributed by atoms with Crippen LogP contribution in [-0.4, -0.2) is 48.8 Å². The Balaban J connectivity index is 1.78. The predicted molar refractivity (Wildman–Crippen MR) is 104 cm³/mol. The topological polar surface area (TPSA) is 59.4 Å². The third kappa shape index (κ3) is 4.18. The summed E-state index contributed by atoms with van der Waals surface area (Å²) in [5.41, 5.74) is 2.22. The Morgan fingerprint density at radius 3 is 3.04 bits per heavy atom. The molecule has 1 amide bonds. The van der Waals surface area contributed by atoms with Gasteiger partial charge in [-0.3, -0.25) is 4.79 Å². The van der Waals surface area contributed by atoms with Gasteiger partial charge in [-0.2, -0.15) is 0 Å². The zero-order valence-corrected chi connectivity index (χ0v) is 15.9. The highest BCUT2D eigenvalue weighted by Crippen LogP contribution is 2.27. The van der Waals surface area contributed by atoms with Crippen molar-refractivity contribution in [2.45, 2.75) is 39.2 Å². The van der Waals surface area contributed by atoms with Gasteiger partial charge in [-0.15, -0.1) is 0 Å². The van der Waals surface area contributed by atoms with Crippen molar-refractivity contribution in [2.75, 3.05) is 38.3 Å². The number of imidazole rings is 1. The molecule has 2 heterocycles. The number of carbonyl (C=O) groups excluding carboxylic acids is 1. The molecule has 1 aromatic carbocycles. The third-order valence-corrected chi connectivity index (χ3v) is 5.05. The molecule has 1 N–H and O–H groups in total. The minimum Gasteiger partial charge on any atom is -0.383 e. The molecule has 26 heavy (non-hydrogen) atoms. The zero-order chi connectivity index (χ0) is 18.4. The number of nitrogens with one attached hydrogen (secondary N) is 1. The number of carbonyl (C=O) groups is 1. The fourth-order valence-electron chi connectivity index (χ4n) is 3.63. The molecule has 1 saturated heterocycles. The molecule has 6 heteroatoms. The number of hydrogen-bond donors (Lipinski definition) is 1. The number of unbranched alkanes of at least 4 members (excludes halogenated alkanes) is 1. The quantitative estimate of drug-likeness (QED) is 0.737. The fraction of sp³-hybridized carbons (Fsp3) is 0.600. The number of para-hydroxylation sites is 2. The number of amides is 1. The molecule has 0 spiro atoms. The van der Waals surface area contributed by atoms with E-state index in [2.05, 4.69) is 39.9 Å². The van der Waals surface area contributed by atoms with Crippen molar-refractivity contribution in [1.29, 1.82) is 0 Å². The molecular formula is C20H30N4O2. The van der Waals surface area contributed by atoms with Crippen molar-refractivity contribution in [3.8, 4) is 0 Å². The fourth-order valence-corrected chi connectivity index (χ4v) is 3.63. The molecule has 0 aliphatic carbocycles. The summed E-state index contributed by atoms with van der Waals surface area (Å²) in [5.74, 6) is 1.15. The third-order valence-electron chi connectivity index (χ3n) is 5.05. The van der Waals surface area contributed by atoms with E-state index in [9.17, 15) is 4.79 Å². The van der Waals surface area contributed by atoms with Gasteiger partial charge in [0.15, 0.2) is 0 Å². The molecule has 1 aliphatic rings. The van der Waals surface area contributed by atoms with Gasteiger partial charge in [0.05, 0.1) is 23.6 Å². The maximum absolute atomic E-state index is 12.5. The number of aryl methyl sites for hydroxylation is 1. The van der Waals surface area contributed by atoms with Crippen LogP contribution in [0.4, 0.5) is 5.95 Å². The van der Waals surface area contributed by atoms with Gasteiger partial charge in [-0.25, -0.2) is 4.98 Å². The summed E-state index contributed by atoms with van der Waals surface area (Å²) in [4.78, 5) is 19.6. The highest BCUT2D eigenvalue weighted by molar-refractivity contribution is 5.81. The van der Waals surface area contributed by atoms with Crippen LogP contribution in [0.25, 0.3) is 11.0 Å². The van der Waals surface area contributed by atoms with Crippen LogP contribution in [0, 0.1) is 5.92 Å². The summed E-state index contributed by atoms with van der Waals surface area (Å²) in [5, 5.41) is 2.98. The van der Waals surface area contributed by atoms with Crippen LogP contribution < -0.4 is 10.2 Å². The van der Waals surface area contributed by atoms with Gasteiger partial charge in [-0.05, 0) is 31.4 Å². The first kappa shape index (κ1) is 18.7. The lowest BCUT2D eigenvalue weighted by molar-refractivity contribution is -0.125. The Bertz CT molecular complexity index is 728. The molecule has 0 bridgehead atoms. The normalized spacial score (nSPS) is 17.6. The number of piperidine rings is 1. The lowest BCUT2D eigenvalue weighted by Crippen LogP contribution is -2.44. The largest absolute Gasteiger partial charge is 0.383 e. The van der Waals surface area contributed by atoms with Crippen LogP contribution >= 0.6 is 0 Å². The van der Waals surface area contributed by atoms with E-state index >= 15 is 0 Å². The summed E-state index contributed by atoms with van der Waals surface area (Å²) in [6.45, 7) is 5.98. The molecule has 0 unspecified atom stereocenters. The second-order valence-electron chi connectivity index (χ2n) is 6.97. The second-order valence-corrected chi connectivity index (χ2v) is 6.97. The maximum atomic E-state index is 12.5. The van der Waals surface area contributed by atoms with Gasteiger partial charge in [0.2, 0.25) is 11.9 Å².